The van der Waals surface area contributed by atoms with Crippen molar-refractivity contribution >= 4 is 42.1 Å². The van der Waals surface area contributed by atoms with Crippen LogP contribution in [-0.2, 0) is 32.6 Å². The second kappa shape index (κ2) is 10.1. The molecule has 166 valence electrons. The molecule has 0 radical (unpaired) electrons. The van der Waals surface area contributed by atoms with Crippen LogP contribution in [0.25, 0.3) is 6.08 Å². The van der Waals surface area contributed by atoms with E-state index in [2.05, 4.69) is 107 Å². The van der Waals surface area contributed by atoms with Crippen LogP contribution in [0, 0.1) is 5.92 Å². The molecule has 1 aromatic rings. The van der Waals surface area contributed by atoms with Gasteiger partial charge in [0, 0.05) is 5.92 Å². The van der Waals surface area contributed by atoms with Gasteiger partial charge in [0.2, 0.25) is 0 Å². The maximum atomic E-state index is 2.54. The van der Waals surface area contributed by atoms with E-state index in [1.807, 2.05) is 9.72 Å². The van der Waals surface area contributed by atoms with E-state index in [4.69, 9.17) is 0 Å². The second-order valence-electron chi connectivity index (χ2n) is 11.1. The number of rotatable bonds is 2. The van der Waals surface area contributed by atoms with E-state index in [-0.39, 0.29) is 51.0 Å². The van der Waals surface area contributed by atoms with Crippen molar-refractivity contribution in [3.63, 3.8) is 0 Å². The third-order valence-electron chi connectivity index (χ3n) is 6.58. The van der Waals surface area contributed by atoms with Crippen molar-refractivity contribution in [2.24, 2.45) is 5.92 Å². The van der Waals surface area contributed by atoms with Crippen molar-refractivity contribution in [1.29, 1.82) is 0 Å². The molecule has 5 rings (SSSR count). The van der Waals surface area contributed by atoms with Gasteiger partial charge in [-0.1, -0.05) is 110 Å². The first-order valence-corrected chi connectivity index (χ1v) is 21.4. The number of hydrogen-bond donors (Lipinski definition) is 0. The molecular weight excluding hydrogens is 567 g/mol. The normalized spacial score (nSPS) is 21.5. The molecule has 31 heavy (non-hydrogen) atoms. The van der Waals surface area contributed by atoms with Crippen LogP contribution in [0.4, 0.5) is 0 Å². The van der Waals surface area contributed by atoms with E-state index in [9.17, 15) is 0 Å². The summed E-state index contributed by atoms with van der Waals surface area (Å²) in [6, 6.07) is 8.74. The Hall–Kier alpha value is 0.644. The fourth-order valence-corrected chi connectivity index (χ4v) is 16.0. The predicted molar refractivity (Wildman–Crippen MR) is 137 cm³/mol. The smallest absolute Gasteiger partial charge is 1.00 e. The van der Waals surface area contributed by atoms with Gasteiger partial charge >= 0.3 is 26.2 Å². The summed E-state index contributed by atoms with van der Waals surface area (Å²) in [5, 5.41) is 5.39. The van der Waals surface area contributed by atoms with E-state index in [0.717, 1.165) is 5.92 Å². The molecule has 1 unspecified atom stereocenters. The molecule has 1 aromatic carbocycles. The van der Waals surface area contributed by atoms with Gasteiger partial charge in [-0.2, -0.15) is 0 Å². The maximum absolute atomic E-state index is 2.54. The van der Waals surface area contributed by atoms with Gasteiger partial charge < -0.3 is 24.8 Å². The van der Waals surface area contributed by atoms with Crippen molar-refractivity contribution in [1.82, 2.24) is 0 Å². The quantitative estimate of drug-likeness (QED) is 0.465. The van der Waals surface area contributed by atoms with Crippen molar-refractivity contribution in [3.05, 3.63) is 72.6 Å². The Balaban J connectivity index is 0.000000285. The minimum Gasteiger partial charge on any atom is -1.00 e. The summed E-state index contributed by atoms with van der Waals surface area (Å²) in [4.78, 5) is 1.64. The van der Waals surface area contributed by atoms with Gasteiger partial charge in [-0.05, 0) is 27.0 Å². The average molecular weight is 601 g/mol. The van der Waals surface area contributed by atoms with Gasteiger partial charge in [0.1, 0.15) is 8.07 Å². The number of allylic oxidation sites excluding steroid dienone is 6. The summed E-state index contributed by atoms with van der Waals surface area (Å²) in [6.07, 6.45) is 8.41. The Morgan fingerprint density at radius 2 is 1.52 bits per heavy atom. The Morgan fingerprint density at radius 1 is 0.903 bits per heavy atom. The standard InChI is InChI=1S/C12H18SSi2.C12H16Si.2ClH.Zr/c1-14(2,3)12-11-10-8(13-12)6-7-9(10)15(11,4)5;1-13(2,3)12-8-10-6-4-5-7-11(10)9-12;;;/h6-7,10H,1-5H3;4-8H,9H2,1-3H3;2*1H;/q;;;;+2/p-2. The number of benzene rings is 1. The fraction of sp³-hybridized carbons (Fsp3) is 0.417. The molecule has 2 heterocycles. The molecule has 0 spiro atoms. The van der Waals surface area contributed by atoms with E-state index in [1.54, 1.807) is 15.3 Å². The number of thioether (sulfide) groups is 1. The molecule has 0 saturated carbocycles. The first kappa shape index (κ1) is 29.7. The van der Waals surface area contributed by atoms with Crippen molar-refractivity contribution < 1.29 is 51.0 Å². The van der Waals surface area contributed by atoms with Crippen molar-refractivity contribution in [2.75, 3.05) is 0 Å². The Morgan fingerprint density at radius 3 is 2.06 bits per heavy atom. The van der Waals surface area contributed by atoms with Crippen molar-refractivity contribution in [2.45, 2.75) is 58.8 Å². The molecular formula is C24H34Cl2SSi3Zr. The summed E-state index contributed by atoms with van der Waals surface area (Å²) in [7, 11) is -3.29. The van der Waals surface area contributed by atoms with Gasteiger partial charge in [-0.3, -0.25) is 0 Å². The molecule has 1 fully saturated rings. The molecule has 2 aliphatic carbocycles. The van der Waals surface area contributed by atoms with Crippen LogP contribution in [0.15, 0.2) is 61.4 Å². The summed E-state index contributed by atoms with van der Waals surface area (Å²) in [6.45, 7) is 19.8. The number of halogens is 2. The molecule has 0 aromatic heterocycles. The van der Waals surface area contributed by atoms with Crippen LogP contribution in [-0.4, -0.2) is 24.2 Å². The molecule has 1 atom stereocenters. The van der Waals surface area contributed by atoms with Crippen LogP contribution in [0.5, 0.6) is 0 Å². The SMILES string of the molecule is C[Si](C)(C)C1=C2C3C(=CC=C3[Si]2(C)C)S1.C[Si](C)(C)C1=Cc2ccccc2C1.[Cl-].[Cl-].[Zr+2]. The van der Waals surface area contributed by atoms with Gasteiger partial charge in [0.15, 0.2) is 0 Å². The Bertz CT molecular complexity index is 979. The topological polar surface area (TPSA) is 0 Å². The minimum atomic E-state index is -1.14. The summed E-state index contributed by atoms with van der Waals surface area (Å²) < 4.78 is 1.83. The zero-order valence-corrected chi connectivity index (χ0v) is 27.8. The number of fused-ring (bicyclic) bond motifs is 1. The zero-order valence-electron chi connectivity index (χ0n) is 20.0. The van der Waals surface area contributed by atoms with Crippen LogP contribution in [0.1, 0.15) is 11.1 Å². The monoisotopic (exact) mass is 598 g/mol. The maximum Gasteiger partial charge on any atom is 2.00 e. The molecule has 0 N–H and O–H groups in total. The third kappa shape index (κ3) is 5.34. The Kier molecular flexibility index (Phi) is 9.67. The first-order chi connectivity index (χ1) is 12.9. The van der Waals surface area contributed by atoms with E-state index in [1.165, 1.54) is 17.5 Å². The van der Waals surface area contributed by atoms with E-state index < -0.39 is 24.2 Å². The molecule has 1 saturated heterocycles. The molecule has 4 aliphatic rings. The average Bonchev–Trinajstić information content (AvgIpc) is 3.23. The summed E-state index contributed by atoms with van der Waals surface area (Å²) in [5.74, 6) is 0.790. The largest absolute Gasteiger partial charge is 2.00 e. The summed E-state index contributed by atoms with van der Waals surface area (Å²) in [5.41, 5.74) is 2.96. The van der Waals surface area contributed by atoms with Crippen LogP contribution < -0.4 is 24.8 Å². The van der Waals surface area contributed by atoms with Gasteiger partial charge in [0.05, 0.1) is 16.1 Å². The molecule has 0 amide bonds. The van der Waals surface area contributed by atoms with Crippen LogP contribution >= 0.6 is 11.8 Å². The fourth-order valence-electron chi connectivity index (χ4n) is 4.82. The van der Waals surface area contributed by atoms with Crippen LogP contribution in [0.3, 0.4) is 0 Å². The van der Waals surface area contributed by atoms with Crippen LogP contribution in [0.2, 0.25) is 52.4 Å². The number of hydrogen-bond acceptors (Lipinski definition) is 1. The molecule has 2 aliphatic heterocycles. The molecule has 0 bridgehead atoms. The summed E-state index contributed by atoms with van der Waals surface area (Å²) >= 11 is 2.13. The second-order valence-corrected chi connectivity index (χ2v) is 27.1. The van der Waals surface area contributed by atoms with E-state index >= 15 is 0 Å². The predicted octanol–water partition coefficient (Wildman–Crippen LogP) is 1.61. The third-order valence-corrected chi connectivity index (χ3v) is 17.9. The molecule has 0 nitrogen and oxygen atoms in total. The first-order valence-electron chi connectivity index (χ1n) is 10.5. The van der Waals surface area contributed by atoms with Gasteiger partial charge in [-0.25, -0.2) is 0 Å². The van der Waals surface area contributed by atoms with E-state index in [0.29, 0.717) is 0 Å². The minimum absolute atomic E-state index is 0. The van der Waals surface area contributed by atoms with Crippen molar-refractivity contribution in [3.8, 4) is 0 Å². The van der Waals surface area contributed by atoms with Gasteiger partial charge in [0.25, 0.3) is 0 Å². The molecule has 7 heteroatoms. The Labute approximate surface area is 228 Å². The zero-order chi connectivity index (χ0) is 20.5. The van der Waals surface area contributed by atoms with Gasteiger partial charge in [-0.15, -0.1) is 11.8 Å².